The number of fused-ring (bicyclic) bond motifs is 2. The first-order valence-corrected chi connectivity index (χ1v) is 8.94. The molecule has 2 bridgehead atoms. The summed E-state index contributed by atoms with van der Waals surface area (Å²) in [7, 11) is 1.74. The lowest BCUT2D eigenvalue weighted by Crippen LogP contribution is -2.50. The first-order valence-electron chi connectivity index (χ1n) is 8.94. The van der Waals surface area contributed by atoms with Crippen LogP contribution in [0.15, 0.2) is 0 Å². The Balaban J connectivity index is 1.46. The second-order valence-corrected chi connectivity index (χ2v) is 7.48. The summed E-state index contributed by atoms with van der Waals surface area (Å²) in [4.78, 5) is 15.0. The first-order chi connectivity index (χ1) is 10.7. The third kappa shape index (κ3) is 3.63. The average molecular weight is 309 g/mol. The zero-order valence-electron chi connectivity index (χ0n) is 13.8. The molecule has 0 spiro atoms. The molecule has 3 unspecified atom stereocenters. The van der Waals surface area contributed by atoms with Crippen LogP contribution in [0.1, 0.15) is 38.5 Å². The molecule has 0 radical (unpaired) electrons. The summed E-state index contributed by atoms with van der Waals surface area (Å²) in [6.45, 7) is 3.76. The molecule has 2 saturated carbocycles. The van der Waals surface area contributed by atoms with E-state index in [-0.39, 0.29) is 11.8 Å². The Morgan fingerprint density at radius 1 is 1.27 bits per heavy atom. The number of methoxy groups -OCH3 is 1. The Morgan fingerprint density at radius 3 is 2.68 bits per heavy atom. The molecule has 5 nitrogen and oxygen atoms in total. The summed E-state index contributed by atoms with van der Waals surface area (Å²) in [6.07, 6.45) is 6.81. The number of likely N-dealkylation sites (tertiary alicyclic amines) is 1. The van der Waals surface area contributed by atoms with Crippen LogP contribution >= 0.6 is 0 Å². The van der Waals surface area contributed by atoms with Crippen LogP contribution in [0.3, 0.4) is 0 Å². The molecular weight excluding hydrogens is 278 g/mol. The Kier molecular flexibility index (Phi) is 5.37. The summed E-state index contributed by atoms with van der Waals surface area (Å²) in [6, 6.07) is 0.661. The van der Waals surface area contributed by atoms with Crippen LogP contribution < -0.4 is 11.1 Å². The number of hydrogen-bond acceptors (Lipinski definition) is 4. The molecule has 2 aliphatic carbocycles. The maximum atomic E-state index is 12.6. The van der Waals surface area contributed by atoms with Crippen molar-refractivity contribution in [1.29, 1.82) is 0 Å². The molecule has 0 aromatic rings. The lowest BCUT2D eigenvalue weighted by atomic mass is 9.65. The number of amides is 1. The minimum atomic E-state index is 0.197. The van der Waals surface area contributed by atoms with Crippen LogP contribution in [-0.4, -0.2) is 56.2 Å². The second kappa shape index (κ2) is 7.28. The molecule has 0 aromatic heterocycles. The molecule has 3 aliphatic rings. The predicted molar refractivity (Wildman–Crippen MR) is 86.4 cm³/mol. The third-order valence-electron chi connectivity index (χ3n) is 6.01. The van der Waals surface area contributed by atoms with Crippen LogP contribution in [0.5, 0.6) is 0 Å². The van der Waals surface area contributed by atoms with Gasteiger partial charge in [0, 0.05) is 44.7 Å². The Hall–Kier alpha value is -0.650. The van der Waals surface area contributed by atoms with E-state index in [2.05, 4.69) is 10.2 Å². The molecule has 1 amide bonds. The molecule has 3 fully saturated rings. The molecule has 3 N–H and O–H groups in total. The fraction of sp³-hybridized carbons (Fsp3) is 0.941. The Morgan fingerprint density at radius 2 is 2.00 bits per heavy atom. The largest absolute Gasteiger partial charge is 0.383 e. The fourth-order valence-corrected chi connectivity index (χ4v) is 4.70. The minimum Gasteiger partial charge on any atom is -0.383 e. The Labute approximate surface area is 133 Å². The average Bonchev–Trinajstić information content (AvgIpc) is 2.92. The van der Waals surface area contributed by atoms with Gasteiger partial charge in [-0.3, -0.25) is 9.69 Å². The van der Waals surface area contributed by atoms with Crippen LogP contribution in [-0.2, 0) is 9.53 Å². The van der Waals surface area contributed by atoms with Crippen molar-refractivity contribution in [3.8, 4) is 0 Å². The molecule has 3 atom stereocenters. The lowest BCUT2D eigenvalue weighted by Gasteiger charge is -2.43. The van der Waals surface area contributed by atoms with Gasteiger partial charge in [-0.25, -0.2) is 0 Å². The molecular formula is C17H31N3O2. The van der Waals surface area contributed by atoms with Crippen molar-refractivity contribution in [3.63, 3.8) is 0 Å². The van der Waals surface area contributed by atoms with E-state index < -0.39 is 0 Å². The first kappa shape index (κ1) is 16.2. The summed E-state index contributed by atoms with van der Waals surface area (Å²) in [5.74, 6) is 1.63. The van der Waals surface area contributed by atoms with Gasteiger partial charge in [-0.2, -0.15) is 0 Å². The minimum absolute atomic E-state index is 0.197. The fourth-order valence-electron chi connectivity index (χ4n) is 4.70. The van der Waals surface area contributed by atoms with E-state index in [0.717, 1.165) is 45.5 Å². The summed E-state index contributed by atoms with van der Waals surface area (Å²) < 4.78 is 5.13. The second-order valence-electron chi connectivity index (χ2n) is 7.48. The number of carbonyl (C=O) groups is 1. The molecule has 22 heavy (non-hydrogen) atoms. The van der Waals surface area contributed by atoms with Crippen molar-refractivity contribution in [3.05, 3.63) is 0 Å². The molecule has 0 aromatic carbocycles. The highest BCUT2D eigenvalue weighted by Crippen LogP contribution is 2.41. The van der Waals surface area contributed by atoms with E-state index in [9.17, 15) is 4.79 Å². The van der Waals surface area contributed by atoms with Gasteiger partial charge in [-0.1, -0.05) is 6.42 Å². The van der Waals surface area contributed by atoms with E-state index in [1.54, 1.807) is 7.11 Å². The van der Waals surface area contributed by atoms with Crippen molar-refractivity contribution >= 4 is 5.91 Å². The highest BCUT2D eigenvalue weighted by molar-refractivity contribution is 5.79. The van der Waals surface area contributed by atoms with Gasteiger partial charge < -0.3 is 15.8 Å². The number of carbonyl (C=O) groups excluding carboxylic acids is 1. The van der Waals surface area contributed by atoms with Gasteiger partial charge in [-0.15, -0.1) is 0 Å². The van der Waals surface area contributed by atoms with Gasteiger partial charge in [0.2, 0.25) is 5.91 Å². The van der Waals surface area contributed by atoms with Gasteiger partial charge in [0.15, 0.2) is 0 Å². The standard InChI is InChI=1S/C17H31N3O2/c1-22-8-7-20-6-5-15(11-20)19-17(21)14-9-12-3-2-4-13(10-14)16(12)18/h12-16H,2-11,18H2,1H3,(H,19,21). The number of rotatable bonds is 5. The van der Waals surface area contributed by atoms with E-state index in [4.69, 9.17) is 10.5 Å². The van der Waals surface area contributed by atoms with Crippen molar-refractivity contribution in [2.45, 2.75) is 50.6 Å². The SMILES string of the molecule is COCCN1CCC(NC(=O)C2CC3CCCC(C2)C3N)C1. The van der Waals surface area contributed by atoms with Crippen molar-refractivity contribution in [2.75, 3.05) is 33.4 Å². The molecule has 1 saturated heterocycles. The normalized spacial score (nSPS) is 38.9. The summed E-state index contributed by atoms with van der Waals surface area (Å²) in [5.41, 5.74) is 6.32. The zero-order chi connectivity index (χ0) is 15.5. The highest BCUT2D eigenvalue weighted by atomic mass is 16.5. The smallest absolute Gasteiger partial charge is 0.223 e. The van der Waals surface area contributed by atoms with E-state index in [1.165, 1.54) is 19.3 Å². The van der Waals surface area contributed by atoms with Gasteiger partial charge in [0.05, 0.1) is 6.61 Å². The molecule has 5 heteroatoms. The van der Waals surface area contributed by atoms with Crippen LogP contribution in [0, 0.1) is 17.8 Å². The number of ether oxygens (including phenoxy) is 1. The predicted octanol–water partition coefficient (Wildman–Crippen LogP) is 0.977. The number of nitrogens with zero attached hydrogens (tertiary/aromatic N) is 1. The third-order valence-corrected chi connectivity index (χ3v) is 6.01. The molecule has 1 heterocycles. The van der Waals surface area contributed by atoms with Gasteiger partial charge in [-0.05, 0) is 43.9 Å². The lowest BCUT2D eigenvalue weighted by molar-refractivity contribution is -0.128. The van der Waals surface area contributed by atoms with Crippen LogP contribution in [0.4, 0.5) is 0 Å². The topological polar surface area (TPSA) is 67.6 Å². The zero-order valence-corrected chi connectivity index (χ0v) is 13.8. The quantitative estimate of drug-likeness (QED) is 0.794. The summed E-state index contributed by atoms with van der Waals surface area (Å²) >= 11 is 0. The Bertz CT molecular complexity index is 376. The highest BCUT2D eigenvalue weighted by Gasteiger charge is 2.41. The van der Waals surface area contributed by atoms with Crippen molar-refractivity contribution < 1.29 is 9.53 Å². The van der Waals surface area contributed by atoms with Gasteiger partial charge in [0.25, 0.3) is 0 Å². The molecule has 126 valence electrons. The van der Waals surface area contributed by atoms with Crippen LogP contribution in [0.2, 0.25) is 0 Å². The number of nitrogens with one attached hydrogen (secondary N) is 1. The van der Waals surface area contributed by atoms with E-state index in [1.807, 2.05) is 0 Å². The van der Waals surface area contributed by atoms with Gasteiger partial charge in [0.1, 0.15) is 0 Å². The maximum Gasteiger partial charge on any atom is 0.223 e. The molecule has 3 rings (SSSR count). The molecule has 1 aliphatic heterocycles. The summed E-state index contributed by atoms with van der Waals surface area (Å²) in [5, 5.41) is 3.30. The van der Waals surface area contributed by atoms with Crippen LogP contribution in [0.25, 0.3) is 0 Å². The van der Waals surface area contributed by atoms with E-state index in [0.29, 0.717) is 23.9 Å². The number of nitrogens with two attached hydrogens (primary N) is 1. The van der Waals surface area contributed by atoms with Gasteiger partial charge >= 0.3 is 0 Å². The monoisotopic (exact) mass is 309 g/mol. The van der Waals surface area contributed by atoms with E-state index >= 15 is 0 Å². The van der Waals surface area contributed by atoms with Crippen molar-refractivity contribution in [2.24, 2.45) is 23.5 Å². The number of hydrogen-bond donors (Lipinski definition) is 2. The maximum absolute atomic E-state index is 12.6. The van der Waals surface area contributed by atoms with Crippen molar-refractivity contribution in [1.82, 2.24) is 10.2 Å².